The largest absolute Gasteiger partial charge is 0.386 e. The molecule has 0 unspecified atom stereocenters. The lowest BCUT2D eigenvalue weighted by molar-refractivity contribution is -0.120. The SMILES string of the molecule is O=C(CO/N=C/c1ccc(Cl)cc1)Nc1ccc(F)c(F)c1. The molecule has 1 N–H and O–H groups in total. The third kappa shape index (κ3) is 4.82. The highest BCUT2D eigenvalue weighted by Gasteiger charge is 2.06. The molecular weight excluding hydrogens is 314 g/mol. The third-order valence-corrected chi connectivity index (χ3v) is 2.80. The highest BCUT2D eigenvalue weighted by atomic mass is 35.5. The van der Waals surface area contributed by atoms with Gasteiger partial charge in [-0.05, 0) is 29.8 Å². The molecule has 0 fully saturated rings. The zero-order valence-electron chi connectivity index (χ0n) is 11.2. The predicted octanol–water partition coefficient (Wildman–Crippen LogP) is 3.61. The number of nitrogens with one attached hydrogen (secondary N) is 1. The van der Waals surface area contributed by atoms with Crippen LogP contribution < -0.4 is 5.32 Å². The summed E-state index contributed by atoms with van der Waals surface area (Å²) < 4.78 is 25.7. The van der Waals surface area contributed by atoms with Crippen LogP contribution >= 0.6 is 11.6 Å². The number of nitrogens with zero attached hydrogens (tertiary/aromatic N) is 1. The lowest BCUT2D eigenvalue weighted by Crippen LogP contribution is -2.17. The molecule has 2 aromatic carbocycles. The van der Waals surface area contributed by atoms with Gasteiger partial charge in [-0.3, -0.25) is 4.79 Å². The molecule has 22 heavy (non-hydrogen) atoms. The third-order valence-electron chi connectivity index (χ3n) is 2.55. The molecule has 0 heterocycles. The Balaban J connectivity index is 1.80. The Morgan fingerprint density at radius 3 is 2.59 bits per heavy atom. The van der Waals surface area contributed by atoms with Gasteiger partial charge in [0.1, 0.15) is 0 Å². The van der Waals surface area contributed by atoms with E-state index in [1.54, 1.807) is 24.3 Å². The number of halogens is 3. The van der Waals surface area contributed by atoms with Gasteiger partial charge in [0.15, 0.2) is 18.2 Å². The van der Waals surface area contributed by atoms with Crippen LogP contribution in [0.2, 0.25) is 5.02 Å². The number of hydrogen-bond acceptors (Lipinski definition) is 3. The van der Waals surface area contributed by atoms with Crippen molar-refractivity contribution in [1.82, 2.24) is 0 Å². The van der Waals surface area contributed by atoms with Gasteiger partial charge in [-0.25, -0.2) is 8.78 Å². The predicted molar refractivity (Wildman–Crippen MR) is 80.0 cm³/mol. The summed E-state index contributed by atoms with van der Waals surface area (Å²) in [6, 6.07) is 9.90. The van der Waals surface area contributed by atoms with Crippen LogP contribution in [0.4, 0.5) is 14.5 Å². The number of rotatable bonds is 5. The van der Waals surface area contributed by atoms with E-state index in [1.807, 2.05) is 0 Å². The van der Waals surface area contributed by atoms with Gasteiger partial charge in [-0.15, -0.1) is 0 Å². The topological polar surface area (TPSA) is 50.7 Å². The summed E-state index contributed by atoms with van der Waals surface area (Å²) in [4.78, 5) is 16.3. The summed E-state index contributed by atoms with van der Waals surface area (Å²) in [5.41, 5.74) is 0.889. The van der Waals surface area contributed by atoms with Crippen LogP contribution in [-0.2, 0) is 9.63 Å². The average molecular weight is 325 g/mol. The zero-order chi connectivity index (χ0) is 15.9. The van der Waals surface area contributed by atoms with Crippen molar-refractivity contribution in [3.63, 3.8) is 0 Å². The fourth-order valence-corrected chi connectivity index (χ4v) is 1.64. The molecule has 1 amide bonds. The lowest BCUT2D eigenvalue weighted by atomic mass is 10.2. The van der Waals surface area contributed by atoms with E-state index in [0.717, 1.165) is 17.7 Å². The average Bonchev–Trinajstić information content (AvgIpc) is 2.49. The quantitative estimate of drug-likeness (QED) is 0.674. The van der Waals surface area contributed by atoms with E-state index in [1.165, 1.54) is 12.3 Å². The Morgan fingerprint density at radius 2 is 1.91 bits per heavy atom. The number of carbonyl (C=O) groups is 1. The maximum absolute atomic E-state index is 13.0. The summed E-state index contributed by atoms with van der Waals surface area (Å²) in [7, 11) is 0. The van der Waals surface area contributed by atoms with Crippen LogP contribution in [0.3, 0.4) is 0 Å². The molecular formula is C15H11ClF2N2O2. The van der Waals surface area contributed by atoms with Crippen molar-refractivity contribution in [2.75, 3.05) is 11.9 Å². The minimum Gasteiger partial charge on any atom is -0.386 e. The smallest absolute Gasteiger partial charge is 0.265 e. The Morgan fingerprint density at radius 1 is 1.18 bits per heavy atom. The Labute approximate surface area is 130 Å². The van der Waals surface area contributed by atoms with Crippen LogP contribution in [0.1, 0.15) is 5.56 Å². The highest BCUT2D eigenvalue weighted by molar-refractivity contribution is 6.30. The summed E-state index contributed by atoms with van der Waals surface area (Å²) in [6.45, 7) is -0.358. The molecule has 114 valence electrons. The highest BCUT2D eigenvalue weighted by Crippen LogP contribution is 2.13. The van der Waals surface area contributed by atoms with Gasteiger partial charge in [-0.2, -0.15) is 0 Å². The summed E-state index contributed by atoms with van der Waals surface area (Å²) in [5, 5.41) is 6.58. The van der Waals surface area contributed by atoms with Gasteiger partial charge in [0, 0.05) is 16.8 Å². The number of anilines is 1. The van der Waals surface area contributed by atoms with E-state index < -0.39 is 17.5 Å². The standard InChI is InChI=1S/C15H11ClF2N2O2/c16-11-3-1-10(2-4-11)8-19-22-9-15(21)20-12-5-6-13(17)14(18)7-12/h1-8H,9H2,(H,20,21)/b19-8+. The minimum absolute atomic E-state index is 0.134. The van der Waals surface area contributed by atoms with Gasteiger partial charge in [-0.1, -0.05) is 28.9 Å². The number of carbonyl (C=O) groups excluding carboxylic acids is 1. The fraction of sp³-hybridized carbons (Fsp3) is 0.0667. The zero-order valence-corrected chi connectivity index (χ0v) is 12.0. The molecule has 7 heteroatoms. The maximum Gasteiger partial charge on any atom is 0.265 e. The molecule has 0 bridgehead atoms. The second-order valence-electron chi connectivity index (χ2n) is 4.24. The van der Waals surface area contributed by atoms with Crippen molar-refractivity contribution in [2.45, 2.75) is 0 Å². The number of oxime groups is 1. The second-order valence-corrected chi connectivity index (χ2v) is 4.67. The van der Waals surface area contributed by atoms with Crippen molar-refractivity contribution in [2.24, 2.45) is 5.16 Å². The molecule has 2 aromatic rings. The maximum atomic E-state index is 13.0. The Bertz CT molecular complexity index is 690. The Hall–Kier alpha value is -2.47. The molecule has 4 nitrogen and oxygen atoms in total. The summed E-state index contributed by atoms with van der Waals surface area (Å²) >= 11 is 5.73. The van der Waals surface area contributed by atoms with Crippen molar-refractivity contribution in [1.29, 1.82) is 0 Å². The molecule has 0 saturated heterocycles. The van der Waals surface area contributed by atoms with E-state index in [9.17, 15) is 13.6 Å². The van der Waals surface area contributed by atoms with E-state index in [2.05, 4.69) is 10.5 Å². The minimum atomic E-state index is -1.04. The van der Waals surface area contributed by atoms with Crippen LogP contribution in [0.25, 0.3) is 0 Å². The van der Waals surface area contributed by atoms with Crippen LogP contribution in [0, 0.1) is 11.6 Å². The van der Waals surface area contributed by atoms with Crippen molar-refractivity contribution < 1.29 is 18.4 Å². The molecule has 0 aromatic heterocycles. The molecule has 0 saturated carbocycles. The monoisotopic (exact) mass is 324 g/mol. The fourth-order valence-electron chi connectivity index (χ4n) is 1.51. The van der Waals surface area contributed by atoms with E-state index in [0.29, 0.717) is 5.02 Å². The molecule has 0 atom stereocenters. The number of benzene rings is 2. The number of amides is 1. The molecule has 0 aliphatic carbocycles. The van der Waals surface area contributed by atoms with E-state index >= 15 is 0 Å². The van der Waals surface area contributed by atoms with Crippen LogP contribution in [0.15, 0.2) is 47.6 Å². The second kappa shape index (κ2) is 7.51. The van der Waals surface area contributed by atoms with E-state index in [4.69, 9.17) is 16.4 Å². The van der Waals surface area contributed by atoms with Gasteiger partial charge in [0.2, 0.25) is 0 Å². The number of hydrogen-bond donors (Lipinski definition) is 1. The summed E-state index contributed by atoms with van der Waals surface area (Å²) in [6.07, 6.45) is 1.42. The van der Waals surface area contributed by atoms with Gasteiger partial charge in [0.25, 0.3) is 5.91 Å². The Kier molecular flexibility index (Phi) is 5.43. The van der Waals surface area contributed by atoms with Gasteiger partial charge in [0.05, 0.1) is 6.21 Å². The first-order chi connectivity index (χ1) is 10.5. The first kappa shape index (κ1) is 15.9. The van der Waals surface area contributed by atoms with E-state index in [-0.39, 0.29) is 12.3 Å². The normalized spacial score (nSPS) is 10.7. The first-order valence-electron chi connectivity index (χ1n) is 6.20. The van der Waals surface area contributed by atoms with Crippen molar-refractivity contribution in [3.05, 3.63) is 64.7 Å². The molecule has 0 radical (unpaired) electrons. The molecule has 0 aliphatic heterocycles. The van der Waals surface area contributed by atoms with Crippen molar-refractivity contribution in [3.8, 4) is 0 Å². The summed E-state index contributed by atoms with van der Waals surface area (Å²) in [5.74, 6) is -2.57. The molecule has 0 aliphatic rings. The van der Waals surface area contributed by atoms with Crippen molar-refractivity contribution >= 4 is 29.4 Å². The molecule has 0 spiro atoms. The first-order valence-corrected chi connectivity index (χ1v) is 6.58. The molecule has 2 rings (SSSR count). The van der Waals surface area contributed by atoms with Gasteiger partial charge >= 0.3 is 0 Å². The van der Waals surface area contributed by atoms with Gasteiger partial charge < -0.3 is 10.2 Å². The van der Waals surface area contributed by atoms with Crippen LogP contribution in [0.5, 0.6) is 0 Å². The van der Waals surface area contributed by atoms with Crippen LogP contribution in [-0.4, -0.2) is 18.7 Å². The lowest BCUT2D eigenvalue weighted by Gasteiger charge is -2.04.